The lowest BCUT2D eigenvalue weighted by molar-refractivity contribution is 0.109. The van der Waals surface area contributed by atoms with E-state index in [0.717, 1.165) is 12.0 Å². The van der Waals surface area contributed by atoms with E-state index in [1.54, 1.807) is 16.4 Å². The Morgan fingerprint density at radius 2 is 1.78 bits per heavy atom. The predicted octanol–water partition coefficient (Wildman–Crippen LogP) is 5.91. The fourth-order valence-corrected chi connectivity index (χ4v) is 7.36. The van der Waals surface area contributed by atoms with Gasteiger partial charge in [-0.15, -0.1) is 10.8 Å². The summed E-state index contributed by atoms with van der Waals surface area (Å²) in [6.45, 7) is 2.04. The summed E-state index contributed by atoms with van der Waals surface area (Å²) in [4.78, 5) is 0. The third-order valence-corrected chi connectivity index (χ3v) is 9.64. The van der Waals surface area contributed by atoms with Gasteiger partial charge in [0.2, 0.25) is 0 Å². The molecule has 2 atom stereocenters. The van der Waals surface area contributed by atoms with Gasteiger partial charge in [0.25, 0.3) is 0 Å². The maximum absolute atomic E-state index is 15.2. The molecule has 5 nitrogen and oxygen atoms in total. The van der Waals surface area contributed by atoms with Crippen molar-refractivity contribution in [3.05, 3.63) is 71.0 Å². The van der Waals surface area contributed by atoms with Crippen molar-refractivity contribution < 1.29 is 18.6 Å². The maximum Gasteiger partial charge on any atom is 0.128 e. The molecule has 172 valence electrons. The van der Waals surface area contributed by atoms with Gasteiger partial charge in [-0.05, 0) is 62.6 Å². The number of rotatable bonds is 4. The van der Waals surface area contributed by atoms with Crippen molar-refractivity contribution in [2.45, 2.75) is 74.8 Å². The van der Waals surface area contributed by atoms with E-state index in [-0.39, 0.29) is 12.6 Å². The van der Waals surface area contributed by atoms with Crippen molar-refractivity contribution in [1.82, 2.24) is 4.31 Å². The van der Waals surface area contributed by atoms with Gasteiger partial charge in [-0.2, -0.15) is 9.57 Å². The molecule has 0 bridgehead atoms. The Bertz CT molecular complexity index is 986. The Morgan fingerprint density at radius 3 is 2.41 bits per heavy atom. The fourth-order valence-electron chi connectivity index (χ4n) is 5.09. The summed E-state index contributed by atoms with van der Waals surface area (Å²) in [6.07, 6.45) is 3.13. The van der Waals surface area contributed by atoms with Gasteiger partial charge in [-0.1, -0.05) is 42.5 Å². The largest absolute Gasteiger partial charge is 0.393 e. The first-order valence-corrected chi connectivity index (χ1v) is 12.8. The number of nitrogens with zero attached hydrogens (tertiary/aromatic N) is 2. The second kappa shape index (κ2) is 9.12. The van der Waals surface area contributed by atoms with Gasteiger partial charge >= 0.3 is 0 Å². The van der Waals surface area contributed by atoms with Crippen molar-refractivity contribution >= 4 is 10.8 Å². The van der Waals surface area contributed by atoms with Crippen LogP contribution in [0.4, 0.5) is 4.39 Å². The third kappa shape index (κ3) is 4.30. The van der Waals surface area contributed by atoms with Gasteiger partial charge in [0.15, 0.2) is 0 Å². The number of hydrogen-bond donors (Lipinski definition) is 3. The zero-order valence-corrected chi connectivity index (χ0v) is 19.1. The highest BCUT2D eigenvalue weighted by Crippen LogP contribution is 2.63. The van der Waals surface area contributed by atoms with Gasteiger partial charge in [-0.3, -0.25) is 9.11 Å². The van der Waals surface area contributed by atoms with Crippen molar-refractivity contribution in [2.24, 2.45) is 0 Å². The highest BCUT2D eigenvalue weighted by Gasteiger charge is 2.41. The molecule has 2 aliphatic rings. The lowest BCUT2D eigenvalue weighted by Gasteiger charge is -2.54. The Morgan fingerprint density at radius 1 is 1.09 bits per heavy atom. The van der Waals surface area contributed by atoms with E-state index in [2.05, 4.69) is 6.07 Å². The van der Waals surface area contributed by atoms with Crippen LogP contribution in [0.5, 0.6) is 0 Å². The Balaban J connectivity index is 1.58. The summed E-state index contributed by atoms with van der Waals surface area (Å²) in [6, 6.07) is 16.6. The summed E-state index contributed by atoms with van der Waals surface area (Å²) in [7, 11) is -3.15. The fraction of sp³-hybridized carbons (Fsp3) is 0.480. The molecule has 2 unspecified atom stereocenters. The van der Waals surface area contributed by atoms with Crippen molar-refractivity contribution in [3.63, 3.8) is 0 Å². The molecule has 0 radical (unpaired) electrons. The predicted molar refractivity (Wildman–Crippen MR) is 124 cm³/mol. The number of hydrogen-bond acceptors (Lipinski definition) is 5. The highest BCUT2D eigenvalue weighted by molar-refractivity contribution is 8.22. The Kier molecular flexibility index (Phi) is 6.62. The zero-order chi connectivity index (χ0) is 22.9. The Labute approximate surface area is 191 Å². The van der Waals surface area contributed by atoms with Crippen molar-refractivity contribution in [2.75, 3.05) is 0 Å². The van der Waals surface area contributed by atoms with Gasteiger partial charge in [0.05, 0.1) is 22.8 Å². The highest BCUT2D eigenvalue weighted by atomic mass is 32.3. The summed E-state index contributed by atoms with van der Waals surface area (Å²) in [5, 5.41) is 19.2. The summed E-state index contributed by atoms with van der Waals surface area (Å²) in [5.74, 6) is -0.438. The molecular formula is C25H31FN2O3S. The van der Waals surface area contributed by atoms with E-state index >= 15 is 4.39 Å². The van der Waals surface area contributed by atoms with Gasteiger partial charge < -0.3 is 5.11 Å². The van der Waals surface area contributed by atoms with Crippen LogP contribution in [0.25, 0.3) is 0 Å². The Hall–Kier alpha value is -1.95. The van der Waals surface area contributed by atoms with E-state index in [1.807, 2.05) is 37.3 Å². The standard InChI is InChI=1S/C25H31FN2O3S/c1-18-7-10-24(19-5-3-2-4-6-19)32(30,31)28(18)16-20-8-9-21(15-23(20)26)25(17-27)13-11-22(29)12-14-25/h2-6,8-9,15,18,22,24,29-31H,7,10-14,16H2,1H3. The lowest BCUT2D eigenvalue weighted by Crippen LogP contribution is -2.41. The zero-order valence-electron chi connectivity index (χ0n) is 18.3. The minimum absolute atomic E-state index is 0.0932. The third-order valence-electron chi connectivity index (χ3n) is 7.19. The SMILES string of the molecule is CC1CCC(c2ccccc2)S(O)(O)N1Cc1ccc(C2(C#N)CCC(O)CC2)cc1F. The molecule has 32 heavy (non-hydrogen) atoms. The number of aliphatic hydroxyl groups excluding tert-OH is 1. The molecule has 0 aromatic heterocycles. The average molecular weight is 459 g/mol. The monoisotopic (exact) mass is 458 g/mol. The summed E-state index contributed by atoms with van der Waals surface area (Å²) < 4.78 is 39.3. The molecule has 7 heteroatoms. The lowest BCUT2D eigenvalue weighted by atomic mass is 9.69. The first-order valence-electron chi connectivity index (χ1n) is 11.2. The molecule has 0 amide bonds. The van der Waals surface area contributed by atoms with E-state index < -0.39 is 33.4 Å². The van der Waals surface area contributed by atoms with E-state index in [0.29, 0.717) is 43.2 Å². The van der Waals surface area contributed by atoms with Gasteiger partial charge in [0, 0.05) is 18.2 Å². The van der Waals surface area contributed by atoms with Gasteiger partial charge in [-0.25, -0.2) is 4.39 Å². The second-order valence-electron chi connectivity index (χ2n) is 9.19. The van der Waals surface area contributed by atoms with E-state index in [1.165, 1.54) is 6.07 Å². The van der Waals surface area contributed by atoms with Crippen LogP contribution in [-0.2, 0) is 12.0 Å². The summed E-state index contributed by atoms with van der Waals surface area (Å²) in [5.41, 5.74) is 1.13. The normalized spacial score (nSPS) is 31.6. The first kappa shape index (κ1) is 23.2. The summed E-state index contributed by atoms with van der Waals surface area (Å²) >= 11 is 0. The smallest absolute Gasteiger partial charge is 0.128 e. The number of nitriles is 1. The molecule has 1 aliphatic carbocycles. The number of halogens is 1. The molecule has 1 heterocycles. The molecule has 0 spiro atoms. The van der Waals surface area contributed by atoms with Crippen LogP contribution in [0.3, 0.4) is 0 Å². The van der Waals surface area contributed by atoms with Crippen LogP contribution in [0.15, 0.2) is 48.5 Å². The quantitative estimate of drug-likeness (QED) is 0.530. The van der Waals surface area contributed by atoms with Crippen LogP contribution in [0.1, 0.15) is 67.4 Å². The molecule has 2 aromatic carbocycles. The first-order chi connectivity index (χ1) is 15.3. The van der Waals surface area contributed by atoms with Crippen LogP contribution >= 0.6 is 10.8 Å². The molecule has 2 aromatic rings. The molecule has 1 aliphatic heterocycles. The van der Waals surface area contributed by atoms with Gasteiger partial charge in [0.1, 0.15) is 5.82 Å². The van der Waals surface area contributed by atoms with Crippen molar-refractivity contribution in [1.29, 1.82) is 5.26 Å². The molecular weight excluding hydrogens is 427 g/mol. The molecule has 2 fully saturated rings. The van der Waals surface area contributed by atoms with Crippen molar-refractivity contribution in [3.8, 4) is 6.07 Å². The maximum atomic E-state index is 15.2. The average Bonchev–Trinajstić information content (AvgIpc) is 2.79. The van der Waals surface area contributed by atoms with Crippen LogP contribution < -0.4 is 0 Å². The number of aliphatic hydroxyl groups is 1. The van der Waals surface area contributed by atoms with E-state index in [4.69, 9.17) is 0 Å². The topological polar surface area (TPSA) is 87.7 Å². The molecule has 3 N–H and O–H groups in total. The van der Waals surface area contributed by atoms with Crippen LogP contribution in [-0.4, -0.2) is 30.7 Å². The molecule has 1 saturated heterocycles. The van der Waals surface area contributed by atoms with E-state index in [9.17, 15) is 19.5 Å². The molecule has 1 saturated carbocycles. The molecule has 4 rings (SSSR count). The van der Waals surface area contributed by atoms with Crippen LogP contribution in [0, 0.1) is 17.1 Å². The van der Waals surface area contributed by atoms with Crippen LogP contribution in [0.2, 0.25) is 0 Å². The number of benzene rings is 2. The second-order valence-corrected chi connectivity index (χ2v) is 11.4. The minimum atomic E-state index is -3.15. The minimum Gasteiger partial charge on any atom is -0.393 e.